The molecule has 3 aromatic carbocycles. The maximum Gasteiger partial charge on any atom is 0.338 e. The van der Waals surface area contributed by atoms with E-state index in [2.05, 4.69) is 59.7 Å². The molecule has 0 aromatic heterocycles. The van der Waals surface area contributed by atoms with Gasteiger partial charge in [-0.1, -0.05) is 48.5 Å². The topological polar surface area (TPSA) is 110 Å². The molecule has 4 rings (SSSR count). The molecule has 1 amide bonds. The number of halogens is 2. The summed E-state index contributed by atoms with van der Waals surface area (Å²) in [6, 6.07) is 20.2. The van der Waals surface area contributed by atoms with Crippen molar-refractivity contribution in [1.82, 2.24) is 16.1 Å². The highest BCUT2D eigenvalue weighted by atomic mass is 127. The Kier molecular flexibility index (Phi) is 11.3. The summed E-state index contributed by atoms with van der Waals surface area (Å²) in [6.07, 6.45) is 1.54. The third kappa shape index (κ3) is 8.29. The number of benzene rings is 3. The second-order valence-electron chi connectivity index (χ2n) is 9.00. The summed E-state index contributed by atoms with van der Waals surface area (Å²) < 4.78 is 18.8. The maximum atomic E-state index is 12.7. The Hall–Kier alpha value is -3.49. The number of hydrazone groups is 1. The SMILES string of the molecule is CCOC(=O)C1=C(C)NC(=S)N[C@@H]1c1ccccc1OCC(=O)NN=Cc1cc(Br)c(OCc2ccccc2)c(I)c1. The number of thiocarbonyl (C=S) groups is 1. The number of nitrogens with one attached hydrogen (secondary N) is 3. The minimum Gasteiger partial charge on any atom is -0.487 e. The van der Waals surface area contributed by atoms with E-state index in [0.29, 0.717) is 34.3 Å². The van der Waals surface area contributed by atoms with Gasteiger partial charge < -0.3 is 24.8 Å². The van der Waals surface area contributed by atoms with Crippen LogP contribution in [0.4, 0.5) is 0 Å². The molecule has 42 heavy (non-hydrogen) atoms. The summed E-state index contributed by atoms with van der Waals surface area (Å²) in [6.45, 7) is 3.88. The number of carbonyl (C=O) groups excluding carboxylic acids is 2. The molecule has 0 aliphatic carbocycles. The monoisotopic (exact) mass is 762 g/mol. The zero-order valence-corrected chi connectivity index (χ0v) is 27.3. The van der Waals surface area contributed by atoms with Gasteiger partial charge in [0.2, 0.25) is 0 Å². The van der Waals surface area contributed by atoms with Crippen molar-refractivity contribution in [3.8, 4) is 11.5 Å². The zero-order valence-electron chi connectivity index (χ0n) is 22.8. The predicted octanol–water partition coefficient (Wildman–Crippen LogP) is 5.52. The number of rotatable bonds is 11. The fourth-order valence-electron chi connectivity index (χ4n) is 4.13. The van der Waals surface area contributed by atoms with E-state index < -0.39 is 17.9 Å². The van der Waals surface area contributed by atoms with Gasteiger partial charge >= 0.3 is 5.97 Å². The number of esters is 1. The molecule has 3 aromatic rings. The lowest BCUT2D eigenvalue weighted by Crippen LogP contribution is -2.45. The van der Waals surface area contributed by atoms with Gasteiger partial charge in [0, 0.05) is 11.3 Å². The van der Waals surface area contributed by atoms with Crippen molar-refractivity contribution < 1.29 is 23.8 Å². The van der Waals surface area contributed by atoms with Gasteiger partial charge in [0.1, 0.15) is 18.1 Å². The highest BCUT2D eigenvalue weighted by Gasteiger charge is 2.32. The van der Waals surface area contributed by atoms with E-state index in [9.17, 15) is 9.59 Å². The zero-order chi connectivity index (χ0) is 30.1. The van der Waals surface area contributed by atoms with Crippen LogP contribution in [0.15, 0.2) is 87.6 Å². The highest BCUT2D eigenvalue weighted by Crippen LogP contribution is 2.34. The average molecular weight is 763 g/mol. The summed E-state index contributed by atoms with van der Waals surface area (Å²) >= 11 is 11.1. The molecule has 0 radical (unpaired) electrons. The molecule has 1 aliphatic rings. The predicted molar refractivity (Wildman–Crippen MR) is 176 cm³/mol. The molecule has 0 saturated carbocycles. The van der Waals surface area contributed by atoms with Gasteiger partial charge in [0.15, 0.2) is 11.7 Å². The van der Waals surface area contributed by atoms with E-state index in [0.717, 1.165) is 24.9 Å². The molecule has 218 valence electrons. The smallest absolute Gasteiger partial charge is 0.338 e. The van der Waals surface area contributed by atoms with Crippen molar-refractivity contribution in [2.75, 3.05) is 13.2 Å². The van der Waals surface area contributed by atoms with Crippen molar-refractivity contribution in [2.45, 2.75) is 26.5 Å². The van der Waals surface area contributed by atoms with Crippen LogP contribution in [0, 0.1) is 3.57 Å². The molecule has 9 nitrogen and oxygen atoms in total. The van der Waals surface area contributed by atoms with Crippen LogP contribution in [0.1, 0.15) is 36.6 Å². The molecule has 0 fully saturated rings. The van der Waals surface area contributed by atoms with Crippen LogP contribution in [0.2, 0.25) is 0 Å². The number of carbonyl (C=O) groups is 2. The lowest BCUT2D eigenvalue weighted by molar-refractivity contribution is -0.139. The normalized spacial score (nSPS) is 14.7. The van der Waals surface area contributed by atoms with Gasteiger partial charge in [-0.3, -0.25) is 4.79 Å². The number of hydrogen-bond donors (Lipinski definition) is 3. The van der Waals surface area contributed by atoms with Gasteiger partial charge in [-0.05, 0) is 93.9 Å². The molecule has 3 N–H and O–H groups in total. The van der Waals surface area contributed by atoms with E-state index in [4.69, 9.17) is 26.4 Å². The molecule has 1 aliphatic heterocycles. The Morgan fingerprint density at radius 2 is 1.86 bits per heavy atom. The van der Waals surface area contributed by atoms with E-state index in [1.165, 1.54) is 0 Å². The van der Waals surface area contributed by atoms with E-state index in [1.54, 1.807) is 38.3 Å². The number of para-hydroxylation sites is 1. The summed E-state index contributed by atoms with van der Waals surface area (Å²) in [7, 11) is 0. The second kappa shape index (κ2) is 15.1. The molecule has 1 heterocycles. The fourth-order valence-corrected chi connectivity index (χ4v) is 6.17. The Balaban J connectivity index is 1.38. The summed E-state index contributed by atoms with van der Waals surface area (Å²) in [5.41, 5.74) is 5.92. The lowest BCUT2D eigenvalue weighted by atomic mass is 9.95. The van der Waals surface area contributed by atoms with Crippen LogP contribution in [0.25, 0.3) is 0 Å². The van der Waals surface area contributed by atoms with Crippen LogP contribution < -0.4 is 25.5 Å². The standard InChI is InChI=1S/C30H28BrIN4O5S/c1-3-39-29(38)26-18(2)34-30(42)35-27(26)21-11-7-8-12-24(21)40-17-25(37)36-33-15-20-13-22(31)28(23(32)14-20)41-16-19-9-5-4-6-10-19/h4-15,27H,3,16-17H2,1-2H3,(H,36,37)(H2,34,35,42)/t27-/m1/s1. The van der Waals surface area contributed by atoms with Crippen LogP contribution in [0.3, 0.4) is 0 Å². The number of nitrogens with zero attached hydrogens (tertiary/aromatic N) is 1. The van der Waals surface area contributed by atoms with E-state index >= 15 is 0 Å². The van der Waals surface area contributed by atoms with E-state index in [1.807, 2.05) is 48.5 Å². The third-order valence-electron chi connectivity index (χ3n) is 6.00. The van der Waals surface area contributed by atoms with Crippen LogP contribution in [-0.2, 0) is 20.9 Å². The van der Waals surface area contributed by atoms with Crippen molar-refractivity contribution >= 4 is 73.9 Å². The number of amides is 1. The summed E-state index contributed by atoms with van der Waals surface area (Å²) in [5.74, 6) is 0.219. The number of allylic oxidation sites excluding steroid dienone is 1. The first kappa shape index (κ1) is 31.4. The quantitative estimate of drug-likeness (QED) is 0.0772. The molecule has 0 spiro atoms. The van der Waals surface area contributed by atoms with Gasteiger partial charge in [0.05, 0.1) is 32.5 Å². The lowest BCUT2D eigenvalue weighted by Gasteiger charge is -2.30. The first-order valence-corrected chi connectivity index (χ1v) is 15.2. The van der Waals surface area contributed by atoms with Crippen molar-refractivity contribution in [2.24, 2.45) is 5.10 Å². The van der Waals surface area contributed by atoms with Crippen molar-refractivity contribution in [3.05, 3.63) is 103 Å². The van der Waals surface area contributed by atoms with Gasteiger partial charge in [-0.15, -0.1) is 0 Å². The molecule has 1 atom stereocenters. The third-order valence-corrected chi connectivity index (χ3v) is 7.61. The average Bonchev–Trinajstić information content (AvgIpc) is 2.96. The molecular formula is C30H28BrIN4O5S. The molecule has 0 bridgehead atoms. The summed E-state index contributed by atoms with van der Waals surface area (Å²) in [5, 5.41) is 10.5. The minimum absolute atomic E-state index is 0.230. The van der Waals surface area contributed by atoms with Crippen molar-refractivity contribution in [1.29, 1.82) is 0 Å². The Morgan fingerprint density at radius 1 is 1.12 bits per heavy atom. The van der Waals surface area contributed by atoms with Crippen LogP contribution in [-0.4, -0.2) is 36.4 Å². The fraction of sp³-hybridized carbons (Fsp3) is 0.200. The molecule has 0 saturated heterocycles. The number of hydrogen-bond acceptors (Lipinski definition) is 7. The van der Waals surface area contributed by atoms with Crippen LogP contribution >= 0.6 is 50.7 Å². The molecular weight excluding hydrogens is 735 g/mol. The van der Waals surface area contributed by atoms with Gasteiger partial charge in [-0.2, -0.15) is 5.10 Å². The van der Waals surface area contributed by atoms with Crippen molar-refractivity contribution in [3.63, 3.8) is 0 Å². The van der Waals surface area contributed by atoms with Crippen LogP contribution in [0.5, 0.6) is 11.5 Å². The maximum absolute atomic E-state index is 12.7. The van der Waals surface area contributed by atoms with E-state index in [-0.39, 0.29) is 13.2 Å². The molecule has 0 unspecified atom stereocenters. The second-order valence-corrected chi connectivity index (χ2v) is 11.4. The van der Waals surface area contributed by atoms with Gasteiger partial charge in [-0.25, -0.2) is 10.2 Å². The largest absolute Gasteiger partial charge is 0.487 e. The Bertz CT molecular complexity index is 1510. The first-order valence-electron chi connectivity index (χ1n) is 12.9. The first-order chi connectivity index (χ1) is 20.3. The van der Waals surface area contributed by atoms with Gasteiger partial charge in [0.25, 0.3) is 5.91 Å². The highest BCUT2D eigenvalue weighted by molar-refractivity contribution is 14.1. The Morgan fingerprint density at radius 3 is 2.60 bits per heavy atom. The Labute approximate surface area is 271 Å². The number of ether oxygens (including phenoxy) is 3. The minimum atomic E-state index is -0.615. The summed E-state index contributed by atoms with van der Waals surface area (Å²) in [4.78, 5) is 25.3. The molecule has 12 heteroatoms.